The van der Waals surface area contributed by atoms with Crippen LogP contribution in [0.25, 0.3) is 22.3 Å². The lowest BCUT2D eigenvalue weighted by Gasteiger charge is -2.24. The van der Waals surface area contributed by atoms with Gasteiger partial charge in [0.05, 0.1) is 35.9 Å². The van der Waals surface area contributed by atoms with Gasteiger partial charge in [-0.3, -0.25) is 9.59 Å². The summed E-state index contributed by atoms with van der Waals surface area (Å²) in [5, 5.41) is 5.70. The van der Waals surface area contributed by atoms with Crippen LogP contribution in [0.15, 0.2) is 49.3 Å². The van der Waals surface area contributed by atoms with Gasteiger partial charge in [-0.15, -0.1) is 0 Å². The van der Waals surface area contributed by atoms with E-state index in [4.69, 9.17) is 9.47 Å². The van der Waals surface area contributed by atoms with Gasteiger partial charge in [-0.05, 0) is 26.0 Å². The molecule has 2 atom stereocenters. The van der Waals surface area contributed by atoms with Gasteiger partial charge in [-0.1, -0.05) is 0 Å². The predicted octanol–water partition coefficient (Wildman–Crippen LogP) is 3.62. The van der Waals surface area contributed by atoms with Crippen LogP contribution >= 0.6 is 0 Å². The maximum Gasteiger partial charge on any atom is 0.255 e. The molecule has 4 bridgehead atoms. The number of H-pyrrole nitrogens is 2. The van der Waals surface area contributed by atoms with E-state index in [1.165, 1.54) is 24.5 Å². The first kappa shape index (κ1) is 34.0. The van der Waals surface area contributed by atoms with Crippen LogP contribution in [-0.2, 0) is 0 Å². The van der Waals surface area contributed by atoms with Crippen molar-refractivity contribution in [2.24, 2.45) is 0 Å². The van der Waals surface area contributed by atoms with Gasteiger partial charge in [0.15, 0.2) is 11.3 Å². The van der Waals surface area contributed by atoms with Crippen molar-refractivity contribution in [3.8, 4) is 11.8 Å². The molecule has 0 saturated carbocycles. The van der Waals surface area contributed by atoms with Crippen LogP contribution in [0.5, 0.6) is 11.8 Å². The molecule has 8 rings (SSSR count). The van der Waals surface area contributed by atoms with E-state index in [-0.39, 0.29) is 23.6 Å². The number of nitrogens with one attached hydrogen (secondary N) is 4. The summed E-state index contributed by atoms with van der Waals surface area (Å²) in [6, 6.07) is 2.80. The Hall–Kier alpha value is -6.46. The molecule has 6 aromatic heterocycles. The number of halogens is 2. The SMILES string of the molecule is CC1Oc2cnc3[nH]cc(c3n2)C(=O)NCCN(C)c2ncc(F)cc21.C[C@H]1Oc2cnc3[nH]cc(c3n2)C(=O)NCCN(C)c2ncc(F)cc21. The molecule has 0 aliphatic carbocycles. The highest BCUT2D eigenvalue weighted by molar-refractivity contribution is 6.05. The number of rotatable bonds is 0. The van der Waals surface area contributed by atoms with Crippen LogP contribution in [0.2, 0.25) is 0 Å². The molecule has 4 N–H and O–H groups in total. The fourth-order valence-electron chi connectivity index (χ4n) is 5.91. The largest absolute Gasteiger partial charge is 0.469 e. The van der Waals surface area contributed by atoms with Crippen molar-refractivity contribution >= 4 is 45.8 Å². The Morgan fingerprint density at radius 3 is 1.52 bits per heavy atom. The maximum absolute atomic E-state index is 13.8. The Balaban J connectivity index is 0.000000162. The molecule has 1 unspecified atom stereocenters. The summed E-state index contributed by atoms with van der Waals surface area (Å²) in [6.45, 7) is 5.37. The number of amides is 2. The molecule has 0 radical (unpaired) electrons. The van der Waals surface area contributed by atoms with Crippen molar-refractivity contribution < 1.29 is 27.8 Å². The van der Waals surface area contributed by atoms with Crippen molar-refractivity contribution in [3.63, 3.8) is 0 Å². The zero-order valence-corrected chi connectivity index (χ0v) is 28.6. The van der Waals surface area contributed by atoms with E-state index in [0.29, 0.717) is 82.4 Å². The highest BCUT2D eigenvalue weighted by Gasteiger charge is 2.23. The molecule has 16 nitrogen and oxygen atoms in total. The fraction of sp³-hybridized carbons (Fsp3) is 0.294. The molecule has 2 aliphatic rings. The van der Waals surface area contributed by atoms with E-state index >= 15 is 0 Å². The molecule has 2 aliphatic heterocycles. The lowest BCUT2D eigenvalue weighted by Crippen LogP contribution is -2.33. The maximum atomic E-state index is 13.8. The van der Waals surface area contributed by atoms with Crippen LogP contribution in [0.3, 0.4) is 0 Å². The first-order chi connectivity index (χ1) is 25.0. The summed E-state index contributed by atoms with van der Waals surface area (Å²) in [7, 11) is 3.66. The van der Waals surface area contributed by atoms with E-state index in [1.807, 2.05) is 23.9 Å². The van der Waals surface area contributed by atoms with Gasteiger partial charge in [-0.2, -0.15) is 0 Å². The molecule has 0 spiro atoms. The van der Waals surface area contributed by atoms with Gasteiger partial charge in [-0.25, -0.2) is 38.7 Å². The van der Waals surface area contributed by atoms with Crippen LogP contribution in [0.1, 0.15) is 57.9 Å². The fourth-order valence-corrected chi connectivity index (χ4v) is 5.91. The Bertz CT molecular complexity index is 2140. The van der Waals surface area contributed by atoms with E-state index < -0.39 is 23.8 Å². The van der Waals surface area contributed by atoms with Crippen molar-refractivity contribution in [3.05, 3.63) is 83.2 Å². The molecule has 0 saturated heterocycles. The molecule has 0 fully saturated rings. The summed E-state index contributed by atoms with van der Waals surface area (Å²) >= 11 is 0. The molecule has 6 aromatic rings. The van der Waals surface area contributed by atoms with Crippen LogP contribution in [0, 0.1) is 11.6 Å². The highest BCUT2D eigenvalue weighted by atomic mass is 19.1. The number of aromatic nitrogens is 8. The van der Waals surface area contributed by atoms with Gasteiger partial charge in [0.2, 0.25) is 11.8 Å². The third-order valence-corrected chi connectivity index (χ3v) is 8.59. The number of fused-ring (bicyclic) bond motifs is 4. The van der Waals surface area contributed by atoms with E-state index in [1.54, 1.807) is 26.2 Å². The molecule has 18 heteroatoms. The molecule has 268 valence electrons. The Morgan fingerprint density at radius 2 is 1.10 bits per heavy atom. The number of aromatic amines is 2. The molecule has 52 heavy (non-hydrogen) atoms. The molecule has 0 aromatic carbocycles. The monoisotopic (exact) mass is 712 g/mol. The number of likely N-dealkylation sites (N-methyl/N-ethyl adjacent to an activating group) is 2. The molecule has 8 heterocycles. The third-order valence-electron chi connectivity index (χ3n) is 8.59. The number of nitrogens with zero attached hydrogens (tertiary/aromatic N) is 8. The van der Waals surface area contributed by atoms with Crippen molar-refractivity contribution in [1.29, 1.82) is 0 Å². The van der Waals surface area contributed by atoms with Crippen LogP contribution in [-0.4, -0.2) is 92.0 Å². The Kier molecular flexibility index (Phi) is 9.18. The summed E-state index contributed by atoms with van der Waals surface area (Å²) in [4.78, 5) is 60.1. The first-order valence-corrected chi connectivity index (χ1v) is 16.4. The highest BCUT2D eigenvalue weighted by Crippen LogP contribution is 2.30. The lowest BCUT2D eigenvalue weighted by atomic mass is 10.1. The lowest BCUT2D eigenvalue weighted by molar-refractivity contribution is 0.0948. The minimum Gasteiger partial charge on any atom is -0.469 e. The van der Waals surface area contributed by atoms with Crippen molar-refractivity contribution in [2.45, 2.75) is 26.1 Å². The predicted molar refractivity (Wildman–Crippen MR) is 185 cm³/mol. The Morgan fingerprint density at radius 1 is 0.673 bits per heavy atom. The van der Waals surface area contributed by atoms with E-state index in [2.05, 4.69) is 50.5 Å². The second-order valence-corrected chi connectivity index (χ2v) is 12.2. The van der Waals surface area contributed by atoms with Crippen LogP contribution < -0.4 is 29.9 Å². The quantitative estimate of drug-likeness (QED) is 0.179. The minimum absolute atomic E-state index is 0.246. The molecule has 2 amide bonds. The summed E-state index contributed by atoms with van der Waals surface area (Å²) in [6.07, 6.45) is 7.39. The van der Waals surface area contributed by atoms with E-state index in [0.717, 1.165) is 12.4 Å². The third kappa shape index (κ3) is 6.81. The first-order valence-electron chi connectivity index (χ1n) is 16.4. The smallest absolute Gasteiger partial charge is 0.255 e. The van der Waals surface area contributed by atoms with Gasteiger partial charge >= 0.3 is 0 Å². The van der Waals surface area contributed by atoms with Crippen molar-refractivity contribution in [2.75, 3.05) is 50.1 Å². The van der Waals surface area contributed by atoms with Gasteiger partial charge in [0.1, 0.15) is 46.5 Å². The summed E-state index contributed by atoms with van der Waals surface area (Å²) < 4.78 is 39.3. The number of pyridine rings is 2. The Labute approximate surface area is 295 Å². The molecular formula is C34H34F2N12O4. The van der Waals surface area contributed by atoms with Gasteiger partial charge in [0.25, 0.3) is 11.8 Å². The van der Waals surface area contributed by atoms with Gasteiger partial charge in [0, 0.05) is 63.8 Å². The number of anilines is 2. The molecular weight excluding hydrogens is 678 g/mol. The number of ether oxygens (including phenoxy) is 2. The normalized spacial score (nSPS) is 17.7. The number of hydrogen-bond acceptors (Lipinski definition) is 12. The zero-order chi connectivity index (χ0) is 36.5. The van der Waals surface area contributed by atoms with Crippen molar-refractivity contribution in [1.82, 2.24) is 50.5 Å². The standard InChI is InChI=1S/2C17H17FN6O2/c2*1-9-11-5-10(18)6-22-16(11)24(2)4-3-19-17(25)12-7-20-15-14(12)23-13(26-9)8-21-15/h2*5-9H,3-4H2,1-2H3,(H,19,25)(H,20,21)/t9-;/m1./s1. The topological polar surface area (TPSA) is 192 Å². The second-order valence-electron chi connectivity index (χ2n) is 12.2. The minimum atomic E-state index is -0.505. The number of carbonyl (C=O) groups is 2. The summed E-state index contributed by atoms with van der Waals surface area (Å²) in [5.74, 6) is 0.265. The van der Waals surface area contributed by atoms with Crippen LogP contribution in [0.4, 0.5) is 20.4 Å². The zero-order valence-electron chi connectivity index (χ0n) is 28.6. The van der Waals surface area contributed by atoms with E-state index in [9.17, 15) is 18.4 Å². The average Bonchev–Trinajstić information content (AvgIpc) is 3.75. The second kappa shape index (κ2) is 14.0. The van der Waals surface area contributed by atoms with Gasteiger partial charge < -0.3 is 39.9 Å². The number of carbonyl (C=O) groups excluding carboxylic acids is 2. The average molecular weight is 713 g/mol. The number of hydrogen-bond donors (Lipinski definition) is 4. The summed E-state index contributed by atoms with van der Waals surface area (Å²) in [5.41, 5.74) is 3.83.